The number of benzene rings is 2. The first-order chi connectivity index (χ1) is 9.79. The molecule has 0 unspecified atom stereocenters. The van der Waals surface area contributed by atoms with Crippen LogP contribution in [0.5, 0.6) is 5.75 Å². The van der Waals surface area contributed by atoms with Gasteiger partial charge in [-0.05, 0) is 42.9 Å². The predicted molar refractivity (Wildman–Crippen MR) is 81.0 cm³/mol. The highest BCUT2D eigenvalue weighted by molar-refractivity contribution is 5.84. The maximum absolute atomic E-state index is 11.6. The molecule has 0 atom stereocenters. The molecule has 4 nitrogen and oxygen atoms in total. The lowest BCUT2D eigenvalue weighted by molar-refractivity contribution is -0.123. The minimum atomic E-state index is -0.0886. The van der Waals surface area contributed by atoms with Crippen LogP contribution in [0.2, 0.25) is 0 Å². The second-order valence-corrected chi connectivity index (χ2v) is 4.60. The molecule has 0 aromatic heterocycles. The molecule has 1 amide bonds. The van der Waals surface area contributed by atoms with Crippen LogP contribution in [0, 0.1) is 0 Å². The molecule has 0 aliphatic heterocycles. The zero-order valence-corrected chi connectivity index (χ0v) is 11.7. The van der Waals surface area contributed by atoms with E-state index in [1.807, 2.05) is 49.5 Å². The minimum absolute atomic E-state index is 0.0535. The smallest absolute Gasteiger partial charge is 0.257 e. The third kappa shape index (κ3) is 4.24. The van der Waals surface area contributed by atoms with Crippen molar-refractivity contribution in [2.75, 3.05) is 26.7 Å². The van der Waals surface area contributed by atoms with E-state index in [1.165, 1.54) is 0 Å². The van der Waals surface area contributed by atoms with Crippen molar-refractivity contribution in [1.29, 1.82) is 0 Å². The van der Waals surface area contributed by atoms with Gasteiger partial charge < -0.3 is 15.4 Å². The van der Waals surface area contributed by atoms with Crippen molar-refractivity contribution in [1.82, 2.24) is 10.6 Å². The maximum Gasteiger partial charge on any atom is 0.257 e. The summed E-state index contributed by atoms with van der Waals surface area (Å²) in [4.78, 5) is 11.6. The summed E-state index contributed by atoms with van der Waals surface area (Å²) in [5.74, 6) is 0.628. The largest absolute Gasteiger partial charge is 0.484 e. The topological polar surface area (TPSA) is 50.4 Å². The molecule has 0 aliphatic rings. The molecule has 0 bridgehead atoms. The number of nitrogens with one attached hydrogen (secondary N) is 2. The molecular formula is C16H20N2O2. The highest BCUT2D eigenvalue weighted by atomic mass is 16.5. The number of hydrogen-bond donors (Lipinski definition) is 2. The van der Waals surface area contributed by atoms with Crippen molar-refractivity contribution < 1.29 is 9.53 Å². The summed E-state index contributed by atoms with van der Waals surface area (Å²) < 4.78 is 5.51. The Labute approximate surface area is 119 Å². The van der Waals surface area contributed by atoms with E-state index in [0.717, 1.165) is 23.7 Å². The van der Waals surface area contributed by atoms with Crippen molar-refractivity contribution in [2.24, 2.45) is 0 Å². The normalized spacial score (nSPS) is 10.4. The van der Waals surface area contributed by atoms with Crippen LogP contribution in [0.25, 0.3) is 10.8 Å². The molecule has 2 rings (SSSR count). The fraction of sp³-hybridized carbons (Fsp3) is 0.312. The van der Waals surface area contributed by atoms with Crippen molar-refractivity contribution in [3.05, 3.63) is 42.5 Å². The van der Waals surface area contributed by atoms with Gasteiger partial charge >= 0.3 is 0 Å². The molecular weight excluding hydrogens is 252 g/mol. The van der Waals surface area contributed by atoms with E-state index in [0.29, 0.717) is 12.3 Å². The highest BCUT2D eigenvalue weighted by Crippen LogP contribution is 2.20. The van der Waals surface area contributed by atoms with Crippen LogP contribution >= 0.6 is 0 Å². The maximum atomic E-state index is 11.6. The Morgan fingerprint density at radius 2 is 1.90 bits per heavy atom. The summed E-state index contributed by atoms with van der Waals surface area (Å²) in [6.07, 6.45) is 0.915. The second-order valence-electron chi connectivity index (χ2n) is 4.60. The molecule has 0 spiro atoms. The standard InChI is InChI=1S/C16H20N2O2/c1-17-9-4-10-18-16(19)12-20-15-8-7-13-5-2-3-6-14(13)11-15/h2-3,5-8,11,17H,4,9-10,12H2,1H3,(H,18,19). The van der Waals surface area contributed by atoms with Gasteiger partial charge in [-0.25, -0.2) is 0 Å². The zero-order chi connectivity index (χ0) is 14.2. The summed E-state index contributed by atoms with van der Waals surface area (Å²) in [5.41, 5.74) is 0. The first kappa shape index (κ1) is 14.3. The van der Waals surface area contributed by atoms with E-state index in [1.54, 1.807) is 0 Å². The predicted octanol–water partition coefficient (Wildman–Crippen LogP) is 1.94. The Morgan fingerprint density at radius 1 is 1.10 bits per heavy atom. The number of carbonyl (C=O) groups excluding carboxylic acids is 1. The van der Waals surface area contributed by atoms with Crippen molar-refractivity contribution in [2.45, 2.75) is 6.42 Å². The van der Waals surface area contributed by atoms with Gasteiger partial charge in [-0.1, -0.05) is 30.3 Å². The quantitative estimate of drug-likeness (QED) is 0.757. The molecule has 0 saturated heterocycles. The third-order valence-corrected chi connectivity index (χ3v) is 3.02. The fourth-order valence-electron chi connectivity index (χ4n) is 1.95. The van der Waals surface area contributed by atoms with E-state index in [4.69, 9.17) is 4.74 Å². The van der Waals surface area contributed by atoms with Gasteiger partial charge in [0.1, 0.15) is 5.75 Å². The van der Waals surface area contributed by atoms with Gasteiger partial charge in [0.2, 0.25) is 0 Å². The molecule has 0 saturated carbocycles. The lowest BCUT2D eigenvalue weighted by Crippen LogP contribution is -2.30. The highest BCUT2D eigenvalue weighted by Gasteiger charge is 2.02. The Balaban J connectivity index is 1.81. The van der Waals surface area contributed by atoms with Crippen molar-refractivity contribution >= 4 is 16.7 Å². The monoisotopic (exact) mass is 272 g/mol. The number of amides is 1. The van der Waals surface area contributed by atoms with Crippen molar-refractivity contribution in [3.63, 3.8) is 0 Å². The Kier molecular flexibility index (Phi) is 5.38. The van der Waals surface area contributed by atoms with E-state index in [9.17, 15) is 4.79 Å². The average molecular weight is 272 g/mol. The fourth-order valence-corrected chi connectivity index (χ4v) is 1.95. The van der Waals surface area contributed by atoms with Crippen LogP contribution in [0.3, 0.4) is 0 Å². The summed E-state index contributed by atoms with van der Waals surface area (Å²) in [6.45, 7) is 1.62. The molecule has 0 heterocycles. The van der Waals surface area contributed by atoms with Gasteiger partial charge in [-0.3, -0.25) is 4.79 Å². The molecule has 2 aromatic carbocycles. The molecule has 0 radical (unpaired) electrons. The first-order valence-electron chi connectivity index (χ1n) is 6.82. The third-order valence-electron chi connectivity index (χ3n) is 3.02. The number of ether oxygens (including phenoxy) is 1. The summed E-state index contributed by atoms with van der Waals surface area (Å²) in [6, 6.07) is 13.9. The molecule has 0 aliphatic carbocycles. The Morgan fingerprint density at radius 3 is 2.70 bits per heavy atom. The minimum Gasteiger partial charge on any atom is -0.484 e. The average Bonchev–Trinajstić information content (AvgIpc) is 2.49. The summed E-state index contributed by atoms with van der Waals surface area (Å²) in [7, 11) is 1.89. The van der Waals surface area contributed by atoms with Crippen LogP contribution in [0.15, 0.2) is 42.5 Å². The number of rotatable bonds is 7. The van der Waals surface area contributed by atoms with Crippen molar-refractivity contribution in [3.8, 4) is 5.75 Å². The lowest BCUT2D eigenvalue weighted by atomic mass is 10.1. The zero-order valence-electron chi connectivity index (χ0n) is 11.7. The Bertz CT molecular complexity index is 569. The molecule has 106 valence electrons. The van der Waals surface area contributed by atoms with E-state index >= 15 is 0 Å². The summed E-state index contributed by atoms with van der Waals surface area (Å²) in [5, 5.41) is 8.13. The molecule has 20 heavy (non-hydrogen) atoms. The summed E-state index contributed by atoms with van der Waals surface area (Å²) >= 11 is 0. The van der Waals surface area contributed by atoms with Crippen LogP contribution in [-0.2, 0) is 4.79 Å². The van der Waals surface area contributed by atoms with Gasteiger partial charge in [0, 0.05) is 6.54 Å². The van der Waals surface area contributed by atoms with Crippen LogP contribution < -0.4 is 15.4 Å². The van der Waals surface area contributed by atoms with E-state index < -0.39 is 0 Å². The van der Waals surface area contributed by atoms with Crippen LogP contribution in [-0.4, -0.2) is 32.7 Å². The number of carbonyl (C=O) groups is 1. The van der Waals surface area contributed by atoms with Gasteiger partial charge in [0.05, 0.1) is 0 Å². The van der Waals surface area contributed by atoms with E-state index in [-0.39, 0.29) is 12.5 Å². The van der Waals surface area contributed by atoms with Gasteiger partial charge in [0.15, 0.2) is 6.61 Å². The van der Waals surface area contributed by atoms with E-state index in [2.05, 4.69) is 10.6 Å². The second kappa shape index (κ2) is 7.50. The first-order valence-corrected chi connectivity index (χ1v) is 6.82. The van der Waals surface area contributed by atoms with Gasteiger partial charge in [0.25, 0.3) is 5.91 Å². The molecule has 2 N–H and O–H groups in total. The van der Waals surface area contributed by atoms with Gasteiger partial charge in [-0.2, -0.15) is 0 Å². The molecule has 0 fully saturated rings. The SMILES string of the molecule is CNCCCNC(=O)COc1ccc2ccccc2c1. The number of fused-ring (bicyclic) bond motifs is 1. The Hall–Kier alpha value is -2.07. The van der Waals surface area contributed by atoms with Crippen LogP contribution in [0.4, 0.5) is 0 Å². The molecule has 4 heteroatoms. The number of hydrogen-bond acceptors (Lipinski definition) is 3. The van der Waals surface area contributed by atoms with Gasteiger partial charge in [-0.15, -0.1) is 0 Å². The lowest BCUT2D eigenvalue weighted by Gasteiger charge is -2.08. The molecule has 2 aromatic rings. The van der Waals surface area contributed by atoms with Crippen LogP contribution in [0.1, 0.15) is 6.42 Å².